The van der Waals surface area contributed by atoms with Crippen LogP contribution in [0.15, 0.2) is 11.6 Å². The second-order valence-corrected chi connectivity index (χ2v) is 13.6. The number of carbonyl (C=O) groups excluding carboxylic acids is 2. The first-order chi connectivity index (χ1) is 18.0. The fourth-order valence-electron chi connectivity index (χ4n) is 9.83. The molecule has 212 valence electrons. The van der Waals surface area contributed by atoms with Crippen molar-refractivity contribution in [3.05, 3.63) is 11.6 Å². The number of carbonyl (C=O) groups is 2. The molecule has 8 heteroatoms. The van der Waals surface area contributed by atoms with Crippen LogP contribution in [0.5, 0.6) is 0 Å². The largest absolute Gasteiger partial charge is 0.458 e. The standard InChI is InChI=1S/C30H44O8/c1-16-27(33)23(35-4)13-25(37-16)38-19-7-9-28(2)18(12-19)5-6-21-26(28)22(31)14-29(3)20(8-10-30(21,29)34)17-11-24(32)36-15-17/h11,16,18-21,23,25-27,33-34H,5-10,12-15H2,1-4H3/t16-,18-,19+,20-,21-,23+,25+,26-,27+,28+,29-,30+/m1/s1. The molecule has 12 atom stereocenters. The van der Waals surface area contributed by atoms with Crippen LogP contribution in [0.2, 0.25) is 0 Å². The molecule has 0 aromatic rings. The molecule has 0 unspecified atom stereocenters. The van der Waals surface area contributed by atoms with E-state index in [1.807, 2.05) is 6.92 Å². The fraction of sp³-hybridized carbons (Fsp3) is 0.867. The van der Waals surface area contributed by atoms with Crippen molar-refractivity contribution in [2.24, 2.45) is 34.5 Å². The molecule has 5 fully saturated rings. The van der Waals surface area contributed by atoms with Gasteiger partial charge < -0.3 is 29.2 Å². The second-order valence-electron chi connectivity index (χ2n) is 13.6. The van der Waals surface area contributed by atoms with E-state index in [-0.39, 0.29) is 59.8 Å². The number of aliphatic hydroxyl groups excluding tert-OH is 1. The second kappa shape index (κ2) is 9.37. The molecule has 38 heavy (non-hydrogen) atoms. The molecule has 0 bridgehead atoms. The minimum Gasteiger partial charge on any atom is -0.458 e. The Morgan fingerprint density at radius 1 is 1.08 bits per heavy atom. The van der Waals surface area contributed by atoms with Gasteiger partial charge in [-0.15, -0.1) is 0 Å². The summed E-state index contributed by atoms with van der Waals surface area (Å²) in [5.41, 5.74) is -0.690. The first kappa shape index (κ1) is 26.9. The number of rotatable bonds is 4. The zero-order valence-electron chi connectivity index (χ0n) is 23.2. The molecule has 2 aliphatic heterocycles. The van der Waals surface area contributed by atoms with E-state index in [9.17, 15) is 19.8 Å². The predicted molar refractivity (Wildman–Crippen MR) is 137 cm³/mol. The Morgan fingerprint density at radius 3 is 2.58 bits per heavy atom. The molecule has 0 spiro atoms. The highest BCUT2D eigenvalue weighted by Crippen LogP contribution is 2.69. The lowest BCUT2D eigenvalue weighted by Gasteiger charge is -2.62. The van der Waals surface area contributed by atoms with Gasteiger partial charge in [0, 0.05) is 37.4 Å². The monoisotopic (exact) mass is 532 g/mol. The first-order valence-electron chi connectivity index (χ1n) is 14.6. The van der Waals surface area contributed by atoms with Gasteiger partial charge in [-0.1, -0.05) is 13.8 Å². The number of fused-ring (bicyclic) bond motifs is 5. The van der Waals surface area contributed by atoms with Gasteiger partial charge in [-0.05, 0) is 80.6 Å². The van der Waals surface area contributed by atoms with Gasteiger partial charge in [-0.25, -0.2) is 4.79 Å². The molecule has 4 saturated carbocycles. The van der Waals surface area contributed by atoms with Gasteiger partial charge in [0.2, 0.25) is 0 Å². The van der Waals surface area contributed by atoms with Crippen molar-refractivity contribution in [3.63, 3.8) is 0 Å². The quantitative estimate of drug-likeness (QED) is 0.419. The van der Waals surface area contributed by atoms with Crippen molar-refractivity contribution in [1.29, 1.82) is 0 Å². The van der Waals surface area contributed by atoms with Crippen molar-refractivity contribution in [3.8, 4) is 0 Å². The number of hydrogen-bond acceptors (Lipinski definition) is 8. The third kappa shape index (κ3) is 3.88. The number of esters is 1. The molecule has 0 amide bonds. The van der Waals surface area contributed by atoms with Gasteiger partial charge in [-0.3, -0.25) is 4.79 Å². The third-order valence-corrected chi connectivity index (χ3v) is 11.9. The van der Waals surface area contributed by atoms with Crippen molar-refractivity contribution in [2.45, 2.75) is 115 Å². The minimum atomic E-state index is -0.911. The van der Waals surface area contributed by atoms with Gasteiger partial charge in [0.15, 0.2) is 6.29 Å². The Labute approximate surface area is 225 Å². The molecule has 2 heterocycles. The molecule has 4 aliphatic carbocycles. The highest BCUT2D eigenvalue weighted by atomic mass is 16.7. The Morgan fingerprint density at radius 2 is 1.87 bits per heavy atom. The normalized spacial score (nSPS) is 52.6. The molecule has 0 aromatic carbocycles. The Kier molecular flexibility index (Phi) is 6.63. The number of ketones is 1. The molecule has 1 saturated heterocycles. The summed E-state index contributed by atoms with van der Waals surface area (Å²) in [5.74, 6) is 0.132. The smallest absolute Gasteiger partial charge is 0.331 e. The number of ether oxygens (including phenoxy) is 4. The molecule has 6 rings (SSSR count). The summed E-state index contributed by atoms with van der Waals surface area (Å²) in [5, 5.41) is 22.7. The topological polar surface area (TPSA) is 112 Å². The number of cyclic esters (lactones) is 1. The SMILES string of the molecule is CO[C@H]1C[C@H](O[C@H]2CC[C@@]3(C)[C@H](CC[C@@H]4[C@@H]3C(=O)C[C@]3(C)[C@@H](C5=CC(=O)OC5)CC[C@]43O)C2)O[C@H](C)[C@@H]1O. The first-order valence-corrected chi connectivity index (χ1v) is 14.6. The highest BCUT2D eigenvalue weighted by molar-refractivity contribution is 5.86. The lowest BCUT2D eigenvalue weighted by Crippen LogP contribution is -2.65. The number of Topliss-reactive ketones (excluding diaryl/α,β-unsaturated/α-hetero) is 1. The summed E-state index contributed by atoms with van der Waals surface area (Å²) in [7, 11) is 1.61. The molecule has 6 aliphatic rings. The van der Waals surface area contributed by atoms with E-state index in [1.165, 1.54) is 0 Å². The van der Waals surface area contributed by atoms with Crippen LogP contribution in [-0.2, 0) is 28.5 Å². The number of aliphatic hydroxyl groups is 2. The lowest BCUT2D eigenvalue weighted by molar-refractivity contribution is -0.272. The maximum Gasteiger partial charge on any atom is 0.331 e. The van der Waals surface area contributed by atoms with E-state index < -0.39 is 23.4 Å². The zero-order chi connectivity index (χ0) is 27.0. The highest BCUT2D eigenvalue weighted by Gasteiger charge is 2.70. The fourth-order valence-corrected chi connectivity index (χ4v) is 9.83. The van der Waals surface area contributed by atoms with E-state index in [1.54, 1.807) is 13.2 Å². The van der Waals surface area contributed by atoms with Gasteiger partial charge in [0.05, 0.1) is 23.9 Å². The average molecular weight is 533 g/mol. The third-order valence-electron chi connectivity index (χ3n) is 11.9. The molecule has 0 radical (unpaired) electrons. The van der Waals surface area contributed by atoms with Crippen molar-refractivity contribution < 1.29 is 38.7 Å². The maximum absolute atomic E-state index is 14.0. The van der Waals surface area contributed by atoms with Crippen molar-refractivity contribution in [2.75, 3.05) is 13.7 Å². The number of methoxy groups -OCH3 is 1. The Bertz CT molecular complexity index is 1010. The van der Waals surface area contributed by atoms with Gasteiger partial charge in [0.1, 0.15) is 18.5 Å². The Balaban J connectivity index is 1.18. The number of hydrogen-bond donors (Lipinski definition) is 2. The van der Waals surface area contributed by atoms with Crippen LogP contribution in [0.1, 0.15) is 78.6 Å². The van der Waals surface area contributed by atoms with Crippen LogP contribution >= 0.6 is 0 Å². The molecule has 0 aromatic heterocycles. The van der Waals surface area contributed by atoms with E-state index in [0.29, 0.717) is 25.2 Å². The minimum absolute atomic E-state index is 0.00541. The molecule has 2 N–H and O–H groups in total. The summed E-state index contributed by atoms with van der Waals surface area (Å²) in [6, 6.07) is 0. The summed E-state index contributed by atoms with van der Waals surface area (Å²) in [4.78, 5) is 25.8. The zero-order valence-corrected chi connectivity index (χ0v) is 23.2. The van der Waals surface area contributed by atoms with Gasteiger partial charge in [-0.2, -0.15) is 0 Å². The van der Waals surface area contributed by atoms with Gasteiger partial charge >= 0.3 is 5.97 Å². The van der Waals surface area contributed by atoms with Crippen LogP contribution < -0.4 is 0 Å². The van der Waals surface area contributed by atoms with Crippen LogP contribution in [0.4, 0.5) is 0 Å². The Hall–Kier alpha value is -1.32. The van der Waals surface area contributed by atoms with Gasteiger partial charge in [0.25, 0.3) is 0 Å². The van der Waals surface area contributed by atoms with E-state index in [2.05, 4.69) is 13.8 Å². The molecular formula is C30H44O8. The van der Waals surface area contributed by atoms with Crippen molar-refractivity contribution in [1.82, 2.24) is 0 Å². The van der Waals surface area contributed by atoms with Crippen LogP contribution in [0.3, 0.4) is 0 Å². The van der Waals surface area contributed by atoms with E-state index >= 15 is 0 Å². The summed E-state index contributed by atoms with van der Waals surface area (Å²) in [6.07, 6.45) is 6.67. The average Bonchev–Trinajstić information content (AvgIpc) is 3.41. The van der Waals surface area contributed by atoms with Crippen molar-refractivity contribution >= 4 is 11.8 Å². The summed E-state index contributed by atoms with van der Waals surface area (Å²) in [6.45, 7) is 6.49. The van der Waals surface area contributed by atoms with Crippen LogP contribution in [-0.4, -0.2) is 72.0 Å². The lowest BCUT2D eigenvalue weighted by atomic mass is 9.43. The predicted octanol–water partition coefficient (Wildman–Crippen LogP) is 3.32. The van der Waals surface area contributed by atoms with Crippen LogP contribution in [0, 0.1) is 34.5 Å². The van der Waals surface area contributed by atoms with E-state index in [4.69, 9.17) is 18.9 Å². The molecule has 8 nitrogen and oxygen atoms in total. The van der Waals surface area contributed by atoms with Crippen LogP contribution in [0.25, 0.3) is 0 Å². The summed E-state index contributed by atoms with van der Waals surface area (Å²) < 4.78 is 23.1. The maximum atomic E-state index is 14.0. The van der Waals surface area contributed by atoms with E-state index in [0.717, 1.165) is 44.1 Å². The summed E-state index contributed by atoms with van der Waals surface area (Å²) >= 11 is 0. The molecular weight excluding hydrogens is 488 g/mol.